The minimum Gasteiger partial charge on any atom is -0.481 e. The van der Waals surface area contributed by atoms with Gasteiger partial charge in [-0.05, 0) is 55.6 Å². The van der Waals surface area contributed by atoms with Crippen molar-refractivity contribution in [2.45, 2.75) is 43.7 Å². The van der Waals surface area contributed by atoms with Crippen LogP contribution in [0.5, 0.6) is 0 Å². The fraction of sp³-hybridized carbons (Fsp3) is 0.444. The number of benzene rings is 2. The Morgan fingerprint density at radius 3 is 2.31 bits per heavy atom. The summed E-state index contributed by atoms with van der Waals surface area (Å²) in [5.74, 6) is -1.36. The minimum absolute atomic E-state index is 0.0154. The molecular formula is C27H33N3O5. The molecule has 8 heteroatoms. The number of carbonyl (C=O) groups is 3. The Bertz CT molecular complexity index is 1040. The molecule has 2 amide bonds. The van der Waals surface area contributed by atoms with Crippen molar-refractivity contribution < 1.29 is 24.2 Å². The molecule has 2 N–H and O–H groups in total. The van der Waals surface area contributed by atoms with Crippen molar-refractivity contribution in [1.82, 2.24) is 15.1 Å². The molecule has 0 radical (unpaired) electrons. The van der Waals surface area contributed by atoms with Gasteiger partial charge in [0.15, 0.2) is 0 Å². The highest BCUT2D eigenvalue weighted by atomic mass is 16.5. The molecule has 0 bridgehead atoms. The zero-order valence-electron chi connectivity index (χ0n) is 20.3. The van der Waals surface area contributed by atoms with Gasteiger partial charge in [0.1, 0.15) is 12.6 Å². The van der Waals surface area contributed by atoms with E-state index in [1.54, 1.807) is 4.90 Å². The van der Waals surface area contributed by atoms with Gasteiger partial charge >= 0.3 is 12.1 Å². The lowest BCUT2D eigenvalue weighted by Crippen LogP contribution is -2.54. The number of hydrogen-bond acceptors (Lipinski definition) is 5. The Labute approximate surface area is 205 Å². The van der Waals surface area contributed by atoms with Crippen LogP contribution in [0.3, 0.4) is 0 Å². The van der Waals surface area contributed by atoms with Gasteiger partial charge in [-0.3, -0.25) is 9.59 Å². The van der Waals surface area contributed by atoms with Gasteiger partial charge in [-0.15, -0.1) is 0 Å². The zero-order chi connectivity index (χ0) is 24.9. The number of ether oxygens (including phenoxy) is 1. The molecule has 186 valence electrons. The number of aliphatic carboxylic acids is 1. The van der Waals surface area contributed by atoms with E-state index in [1.165, 1.54) is 0 Å². The van der Waals surface area contributed by atoms with E-state index in [0.717, 1.165) is 35.1 Å². The fourth-order valence-electron chi connectivity index (χ4n) is 5.10. The lowest BCUT2D eigenvalue weighted by Gasteiger charge is -2.37. The summed E-state index contributed by atoms with van der Waals surface area (Å²) < 4.78 is 5.60. The SMILES string of the molecule is CN(C)C1CCCN(C(=O)C(CCC(=O)O)NC(=O)OCC2c3ccccc3-c3ccccc32)C1. The van der Waals surface area contributed by atoms with Gasteiger partial charge in [-0.1, -0.05) is 48.5 Å². The van der Waals surface area contributed by atoms with Gasteiger partial charge in [0, 0.05) is 31.5 Å². The molecule has 1 heterocycles. The maximum absolute atomic E-state index is 13.2. The number of amides is 2. The van der Waals surface area contributed by atoms with Crippen LogP contribution in [0.25, 0.3) is 11.1 Å². The molecule has 0 aromatic heterocycles. The average molecular weight is 480 g/mol. The summed E-state index contributed by atoms with van der Waals surface area (Å²) in [7, 11) is 3.96. The minimum atomic E-state index is -1.01. The Hall–Kier alpha value is -3.39. The van der Waals surface area contributed by atoms with Crippen LogP contribution in [0.1, 0.15) is 42.7 Å². The smallest absolute Gasteiger partial charge is 0.407 e. The Balaban J connectivity index is 1.42. The normalized spacial score (nSPS) is 18.0. The largest absolute Gasteiger partial charge is 0.481 e. The number of rotatable bonds is 8. The Kier molecular flexibility index (Phi) is 7.70. The van der Waals surface area contributed by atoms with Crippen molar-refractivity contribution in [3.8, 4) is 11.1 Å². The van der Waals surface area contributed by atoms with Gasteiger partial charge in [-0.25, -0.2) is 4.79 Å². The third-order valence-electron chi connectivity index (χ3n) is 7.02. The van der Waals surface area contributed by atoms with E-state index in [-0.39, 0.29) is 37.3 Å². The van der Waals surface area contributed by atoms with Crippen LogP contribution in [-0.2, 0) is 14.3 Å². The average Bonchev–Trinajstić information content (AvgIpc) is 3.18. The number of nitrogens with zero attached hydrogens (tertiary/aromatic N) is 2. The standard InChI is InChI=1S/C27H33N3O5/c1-29(2)18-8-7-15-30(16-18)26(33)24(13-14-25(31)32)28-27(34)35-17-23-21-11-5-3-9-19(21)20-10-4-6-12-22(20)23/h3-6,9-12,18,23-24H,7-8,13-17H2,1-2H3,(H,28,34)(H,31,32). The number of carbonyl (C=O) groups excluding carboxylic acids is 2. The van der Waals surface area contributed by atoms with Crippen molar-refractivity contribution >= 4 is 18.0 Å². The molecule has 2 aliphatic rings. The first-order valence-electron chi connectivity index (χ1n) is 12.1. The van der Waals surface area contributed by atoms with E-state index in [2.05, 4.69) is 22.3 Å². The van der Waals surface area contributed by atoms with Gasteiger partial charge in [0.2, 0.25) is 5.91 Å². The summed E-state index contributed by atoms with van der Waals surface area (Å²) in [6, 6.07) is 15.4. The number of likely N-dealkylation sites (tertiary alicyclic amines) is 1. The summed E-state index contributed by atoms with van der Waals surface area (Å²) in [6.07, 6.45) is 0.949. The summed E-state index contributed by atoms with van der Waals surface area (Å²) in [5.41, 5.74) is 4.46. The first kappa shape index (κ1) is 24.7. The predicted molar refractivity (Wildman–Crippen MR) is 132 cm³/mol. The number of carboxylic acids is 1. The maximum atomic E-state index is 13.2. The lowest BCUT2D eigenvalue weighted by molar-refractivity contribution is -0.138. The molecule has 2 unspecified atom stereocenters. The third kappa shape index (κ3) is 5.65. The van der Waals surface area contributed by atoms with Crippen molar-refractivity contribution in [1.29, 1.82) is 0 Å². The van der Waals surface area contributed by atoms with E-state index >= 15 is 0 Å². The predicted octanol–water partition coefficient (Wildman–Crippen LogP) is 3.31. The molecule has 35 heavy (non-hydrogen) atoms. The summed E-state index contributed by atoms with van der Waals surface area (Å²) in [4.78, 5) is 41.0. The highest BCUT2D eigenvalue weighted by Crippen LogP contribution is 2.44. The zero-order valence-corrected chi connectivity index (χ0v) is 20.3. The fourth-order valence-corrected chi connectivity index (χ4v) is 5.10. The van der Waals surface area contributed by atoms with E-state index in [1.807, 2.05) is 50.5 Å². The van der Waals surface area contributed by atoms with Crippen LogP contribution in [-0.4, -0.2) is 78.8 Å². The number of hydrogen-bond donors (Lipinski definition) is 2. The number of nitrogens with one attached hydrogen (secondary N) is 1. The van der Waals surface area contributed by atoms with Crippen LogP contribution in [0.2, 0.25) is 0 Å². The van der Waals surface area contributed by atoms with E-state index in [0.29, 0.717) is 13.1 Å². The topological polar surface area (TPSA) is 99.2 Å². The van der Waals surface area contributed by atoms with Gasteiger partial charge in [0.25, 0.3) is 0 Å². The van der Waals surface area contributed by atoms with Crippen LogP contribution in [0.4, 0.5) is 4.79 Å². The summed E-state index contributed by atoms with van der Waals surface area (Å²) >= 11 is 0. The molecule has 2 aromatic rings. The third-order valence-corrected chi connectivity index (χ3v) is 7.02. The molecule has 2 atom stereocenters. The maximum Gasteiger partial charge on any atom is 0.407 e. The summed E-state index contributed by atoms with van der Waals surface area (Å²) in [6.45, 7) is 1.28. The van der Waals surface area contributed by atoms with E-state index in [4.69, 9.17) is 9.84 Å². The molecule has 8 nitrogen and oxygen atoms in total. The molecule has 1 aliphatic heterocycles. The van der Waals surface area contributed by atoms with Gasteiger partial charge < -0.3 is 25.0 Å². The number of piperidine rings is 1. The van der Waals surface area contributed by atoms with Crippen LogP contribution in [0.15, 0.2) is 48.5 Å². The van der Waals surface area contributed by atoms with Crippen molar-refractivity contribution in [3.05, 3.63) is 59.7 Å². The van der Waals surface area contributed by atoms with Crippen LogP contribution >= 0.6 is 0 Å². The molecule has 2 aromatic carbocycles. The molecular weight excluding hydrogens is 446 g/mol. The van der Waals surface area contributed by atoms with Gasteiger partial charge in [-0.2, -0.15) is 0 Å². The Morgan fingerprint density at radius 2 is 1.71 bits per heavy atom. The second-order valence-electron chi connectivity index (χ2n) is 9.50. The molecule has 4 rings (SSSR count). The molecule has 0 saturated carbocycles. The monoisotopic (exact) mass is 479 g/mol. The molecule has 1 aliphatic carbocycles. The lowest BCUT2D eigenvalue weighted by atomic mass is 9.98. The van der Waals surface area contributed by atoms with E-state index in [9.17, 15) is 14.4 Å². The quantitative estimate of drug-likeness (QED) is 0.603. The highest BCUT2D eigenvalue weighted by Gasteiger charge is 2.32. The second kappa shape index (κ2) is 10.9. The van der Waals surface area contributed by atoms with Crippen molar-refractivity contribution in [2.24, 2.45) is 0 Å². The summed E-state index contributed by atoms with van der Waals surface area (Å²) in [5, 5.41) is 11.8. The van der Waals surface area contributed by atoms with Crippen molar-refractivity contribution in [2.75, 3.05) is 33.8 Å². The molecule has 0 spiro atoms. The van der Waals surface area contributed by atoms with Crippen LogP contribution < -0.4 is 5.32 Å². The highest BCUT2D eigenvalue weighted by molar-refractivity contribution is 5.86. The molecule has 1 fully saturated rings. The number of alkyl carbamates (subject to hydrolysis) is 1. The van der Waals surface area contributed by atoms with E-state index < -0.39 is 18.1 Å². The number of likely N-dealkylation sites (N-methyl/N-ethyl adjacent to an activating group) is 1. The molecule has 1 saturated heterocycles. The van der Waals surface area contributed by atoms with Crippen molar-refractivity contribution in [3.63, 3.8) is 0 Å². The number of carboxylic acid groups (broad SMARTS) is 1. The second-order valence-corrected chi connectivity index (χ2v) is 9.50. The first-order valence-corrected chi connectivity index (χ1v) is 12.1. The Morgan fingerprint density at radius 1 is 1.09 bits per heavy atom. The van der Waals surface area contributed by atoms with Gasteiger partial charge in [0.05, 0.1) is 0 Å². The first-order chi connectivity index (χ1) is 16.8. The van der Waals surface area contributed by atoms with Crippen LogP contribution in [0, 0.1) is 0 Å². The number of fused-ring (bicyclic) bond motifs is 3.